The third-order valence-corrected chi connectivity index (χ3v) is 3.27. The van der Waals surface area contributed by atoms with E-state index in [1.54, 1.807) is 42.5 Å². The summed E-state index contributed by atoms with van der Waals surface area (Å²) < 4.78 is 15.3. The van der Waals surface area contributed by atoms with Crippen molar-refractivity contribution < 1.29 is 23.8 Å². The highest BCUT2D eigenvalue weighted by Gasteiger charge is 2.12. The first-order valence-corrected chi connectivity index (χ1v) is 7.34. The van der Waals surface area contributed by atoms with Crippen LogP contribution >= 0.6 is 0 Å². The fraction of sp³-hybridized carbons (Fsp3) is 0.222. The minimum atomic E-state index is -0.505. The first-order chi connectivity index (χ1) is 11.6. The van der Waals surface area contributed by atoms with Gasteiger partial charge >= 0.3 is 5.97 Å². The third-order valence-electron chi connectivity index (χ3n) is 3.27. The lowest BCUT2D eigenvalue weighted by Gasteiger charge is -2.10. The predicted molar refractivity (Wildman–Crippen MR) is 89.3 cm³/mol. The van der Waals surface area contributed by atoms with Crippen LogP contribution in [0.4, 0.5) is 5.69 Å². The molecule has 0 fully saturated rings. The van der Waals surface area contributed by atoms with Crippen molar-refractivity contribution in [3.05, 3.63) is 54.1 Å². The van der Waals surface area contributed by atoms with Gasteiger partial charge in [-0.05, 0) is 18.2 Å². The molecule has 0 aliphatic heterocycles. The van der Waals surface area contributed by atoms with Crippen LogP contribution < -0.4 is 14.8 Å². The largest absolute Gasteiger partial charge is 0.496 e. The minimum Gasteiger partial charge on any atom is -0.496 e. The van der Waals surface area contributed by atoms with Gasteiger partial charge in [-0.2, -0.15) is 0 Å². The summed E-state index contributed by atoms with van der Waals surface area (Å²) in [6.07, 6.45) is 0.0337. The molecule has 1 amide bonds. The Labute approximate surface area is 140 Å². The quantitative estimate of drug-likeness (QED) is 0.790. The van der Waals surface area contributed by atoms with Gasteiger partial charge in [0, 0.05) is 5.56 Å². The van der Waals surface area contributed by atoms with E-state index in [1.807, 2.05) is 6.07 Å². The average Bonchev–Trinajstić information content (AvgIpc) is 2.61. The van der Waals surface area contributed by atoms with Crippen LogP contribution in [0, 0.1) is 0 Å². The Morgan fingerprint density at radius 2 is 1.54 bits per heavy atom. The van der Waals surface area contributed by atoms with Gasteiger partial charge in [0.2, 0.25) is 0 Å². The molecule has 0 heterocycles. The second-order valence-electron chi connectivity index (χ2n) is 4.90. The maximum Gasteiger partial charge on any atom is 0.310 e. The van der Waals surface area contributed by atoms with E-state index >= 15 is 0 Å². The van der Waals surface area contributed by atoms with Gasteiger partial charge in [0.15, 0.2) is 6.61 Å². The predicted octanol–water partition coefficient (Wildman–Crippen LogP) is 2.43. The Hall–Kier alpha value is -3.02. The number of benzene rings is 2. The van der Waals surface area contributed by atoms with Crippen LogP contribution in [0.2, 0.25) is 0 Å². The maximum absolute atomic E-state index is 11.9. The molecule has 1 N–H and O–H groups in total. The molecule has 0 aliphatic carbocycles. The SMILES string of the molecule is COc1ccccc1CC(=O)OCC(=O)Nc1ccccc1OC. The van der Waals surface area contributed by atoms with Gasteiger partial charge in [-0.15, -0.1) is 0 Å². The van der Waals surface area contributed by atoms with E-state index in [0.717, 1.165) is 0 Å². The molecule has 24 heavy (non-hydrogen) atoms. The first-order valence-electron chi connectivity index (χ1n) is 7.34. The van der Waals surface area contributed by atoms with Gasteiger partial charge in [-0.3, -0.25) is 9.59 Å². The highest BCUT2D eigenvalue weighted by molar-refractivity contribution is 5.94. The van der Waals surface area contributed by atoms with Crippen molar-refractivity contribution in [1.29, 1.82) is 0 Å². The summed E-state index contributed by atoms with van der Waals surface area (Å²) in [6.45, 7) is -0.369. The third kappa shape index (κ3) is 4.74. The molecule has 0 atom stereocenters. The molecule has 2 rings (SSSR count). The number of hydrogen-bond donors (Lipinski definition) is 1. The molecule has 0 saturated heterocycles. The molecule has 0 radical (unpaired) electrons. The molecule has 0 aromatic heterocycles. The molecular weight excluding hydrogens is 310 g/mol. The summed E-state index contributed by atoms with van der Waals surface area (Å²) in [6, 6.07) is 14.1. The molecule has 6 nitrogen and oxygen atoms in total. The number of hydrogen-bond acceptors (Lipinski definition) is 5. The second kappa shape index (κ2) is 8.57. The summed E-state index contributed by atoms with van der Waals surface area (Å²) in [7, 11) is 3.04. The van der Waals surface area contributed by atoms with Gasteiger partial charge in [0.05, 0.1) is 26.3 Å². The van der Waals surface area contributed by atoms with Crippen molar-refractivity contribution >= 4 is 17.6 Å². The van der Waals surface area contributed by atoms with Crippen LogP contribution in [0.5, 0.6) is 11.5 Å². The molecule has 6 heteroatoms. The van der Waals surface area contributed by atoms with Crippen molar-refractivity contribution in [2.75, 3.05) is 26.1 Å². The number of nitrogens with one attached hydrogen (secondary N) is 1. The number of ether oxygens (including phenoxy) is 3. The van der Waals surface area contributed by atoms with E-state index < -0.39 is 11.9 Å². The number of anilines is 1. The lowest BCUT2D eigenvalue weighted by Crippen LogP contribution is -2.22. The van der Waals surface area contributed by atoms with E-state index in [0.29, 0.717) is 22.7 Å². The lowest BCUT2D eigenvalue weighted by molar-refractivity contribution is -0.146. The molecule has 2 aromatic rings. The topological polar surface area (TPSA) is 73.9 Å². The summed E-state index contributed by atoms with van der Waals surface area (Å²) in [5.41, 5.74) is 1.22. The first kappa shape index (κ1) is 17.3. The van der Waals surface area contributed by atoms with Crippen molar-refractivity contribution in [3.8, 4) is 11.5 Å². The molecular formula is C18H19NO5. The van der Waals surface area contributed by atoms with E-state index in [2.05, 4.69) is 5.32 Å². The highest BCUT2D eigenvalue weighted by Crippen LogP contribution is 2.23. The number of methoxy groups -OCH3 is 2. The van der Waals surface area contributed by atoms with Crippen LogP contribution in [0.3, 0.4) is 0 Å². The Bertz CT molecular complexity index is 653. The maximum atomic E-state index is 11.9. The monoisotopic (exact) mass is 329 g/mol. The number of para-hydroxylation sites is 3. The number of rotatable bonds is 7. The summed E-state index contributed by atoms with van der Waals surface area (Å²) in [4.78, 5) is 23.8. The lowest BCUT2D eigenvalue weighted by atomic mass is 10.1. The standard InChI is InChI=1S/C18H19NO5/c1-22-15-9-5-3-7-13(15)11-18(21)24-12-17(20)19-14-8-4-6-10-16(14)23-2/h3-10H,11-12H2,1-2H3,(H,19,20). The van der Waals surface area contributed by atoms with Gasteiger partial charge in [-0.25, -0.2) is 0 Å². The Morgan fingerprint density at radius 3 is 2.25 bits per heavy atom. The van der Waals surface area contributed by atoms with Crippen molar-refractivity contribution in [1.82, 2.24) is 0 Å². The molecule has 0 saturated carbocycles. The molecule has 0 aliphatic rings. The van der Waals surface area contributed by atoms with Gasteiger partial charge in [0.25, 0.3) is 5.91 Å². The molecule has 0 unspecified atom stereocenters. The number of carbonyl (C=O) groups excluding carboxylic acids is 2. The zero-order valence-corrected chi connectivity index (χ0v) is 13.6. The van der Waals surface area contributed by atoms with Crippen LogP contribution in [0.25, 0.3) is 0 Å². The van der Waals surface area contributed by atoms with Crippen LogP contribution in [0.15, 0.2) is 48.5 Å². The van der Waals surface area contributed by atoms with Gasteiger partial charge < -0.3 is 19.5 Å². The second-order valence-corrected chi connectivity index (χ2v) is 4.90. The fourth-order valence-corrected chi connectivity index (χ4v) is 2.14. The van der Waals surface area contributed by atoms with Gasteiger partial charge in [0.1, 0.15) is 11.5 Å². The smallest absolute Gasteiger partial charge is 0.310 e. The Kier molecular flexibility index (Phi) is 6.19. The number of esters is 1. The summed E-state index contributed by atoms with van der Waals surface area (Å²) in [5, 5.41) is 2.64. The summed E-state index contributed by atoms with van der Waals surface area (Å²) >= 11 is 0. The summed E-state index contributed by atoms with van der Waals surface area (Å²) in [5.74, 6) is 0.196. The van der Waals surface area contributed by atoms with Gasteiger partial charge in [-0.1, -0.05) is 30.3 Å². The average molecular weight is 329 g/mol. The van der Waals surface area contributed by atoms with E-state index in [-0.39, 0.29) is 13.0 Å². The zero-order chi connectivity index (χ0) is 17.4. The van der Waals surface area contributed by atoms with Crippen LogP contribution in [-0.2, 0) is 20.7 Å². The Morgan fingerprint density at radius 1 is 0.917 bits per heavy atom. The van der Waals surface area contributed by atoms with Crippen LogP contribution in [-0.4, -0.2) is 32.7 Å². The van der Waals surface area contributed by atoms with Crippen LogP contribution in [0.1, 0.15) is 5.56 Å². The Balaban J connectivity index is 1.86. The highest BCUT2D eigenvalue weighted by atomic mass is 16.5. The number of carbonyl (C=O) groups is 2. The zero-order valence-electron chi connectivity index (χ0n) is 13.6. The van der Waals surface area contributed by atoms with Crippen molar-refractivity contribution in [2.45, 2.75) is 6.42 Å². The molecule has 2 aromatic carbocycles. The van der Waals surface area contributed by atoms with E-state index in [9.17, 15) is 9.59 Å². The molecule has 126 valence electrons. The van der Waals surface area contributed by atoms with Crippen molar-refractivity contribution in [2.24, 2.45) is 0 Å². The minimum absolute atomic E-state index is 0.0337. The normalized spacial score (nSPS) is 9.92. The molecule has 0 bridgehead atoms. The van der Waals surface area contributed by atoms with E-state index in [4.69, 9.17) is 14.2 Å². The molecule has 0 spiro atoms. The van der Waals surface area contributed by atoms with E-state index in [1.165, 1.54) is 14.2 Å². The van der Waals surface area contributed by atoms with Crippen molar-refractivity contribution in [3.63, 3.8) is 0 Å². The number of amides is 1. The fourth-order valence-electron chi connectivity index (χ4n) is 2.14.